The molecule has 1 aliphatic rings. The molecule has 2 aromatic rings. The standard InChI is InChI=1S/C23H25Cl2N3O3/c1-3-9-27-18-7-5-6-8-19(18)28(10-4-2)23(31)21(22(27)30)26-20(29)13-15-11-16(24)14-17(25)12-15/h5-8,11-12,14,21H,3-4,9-10,13H2,1-2H3,(H,26,29). The minimum absolute atomic E-state index is 0.0498. The smallest absolute Gasteiger partial charge is 0.259 e. The third-order valence-corrected chi connectivity index (χ3v) is 5.41. The maximum Gasteiger partial charge on any atom is 0.259 e. The first-order valence-electron chi connectivity index (χ1n) is 10.3. The topological polar surface area (TPSA) is 69.7 Å². The van der Waals surface area contributed by atoms with Gasteiger partial charge in [0.25, 0.3) is 11.8 Å². The van der Waals surface area contributed by atoms with E-state index in [1.807, 2.05) is 38.1 Å². The van der Waals surface area contributed by atoms with Crippen LogP contribution in [0.15, 0.2) is 42.5 Å². The second-order valence-corrected chi connectivity index (χ2v) is 8.30. The summed E-state index contributed by atoms with van der Waals surface area (Å²) in [6.07, 6.45) is 1.37. The van der Waals surface area contributed by atoms with E-state index < -0.39 is 23.8 Å². The Kier molecular flexibility index (Phi) is 7.57. The third kappa shape index (κ3) is 5.20. The lowest BCUT2D eigenvalue weighted by atomic mass is 10.1. The van der Waals surface area contributed by atoms with Gasteiger partial charge in [0.05, 0.1) is 17.8 Å². The fraction of sp³-hybridized carbons (Fsp3) is 0.348. The number of nitrogens with one attached hydrogen (secondary N) is 1. The third-order valence-electron chi connectivity index (χ3n) is 4.98. The van der Waals surface area contributed by atoms with Gasteiger partial charge in [-0.15, -0.1) is 0 Å². The predicted octanol–water partition coefficient (Wildman–Crippen LogP) is 4.22. The summed E-state index contributed by atoms with van der Waals surface area (Å²) in [5.41, 5.74) is 1.95. The summed E-state index contributed by atoms with van der Waals surface area (Å²) >= 11 is 12.0. The predicted molar refractivity (Wildman–Crippen MR) is 124 cm³/mol. The molecular weight excluding hydrogens is 437 g/mol. The van der Waals surface area contributed by atoms with Gasteiger partial charge in [0, 0.05) is 23.1 Å². The number of carbonyl (C=O) groups excluding carboxylic acids is 3. The molecule has 164 valence electrons. The van der Waals surface area contributed by atoms with Gasteiger partial charge in [0.2, 0.25) is 5.91 Å². The summed E-state index contributed by atoms with van der Waals surface area (Å²) in [6, 6.07) is 10.9. The Morgan fingerprint density at radius 1 is 0.903 bits per heavy atom. The van der Waals surface area contributed by atoms with Gasteiger partial charge in [-0.25, -0.2) is 0 Å². The van der Waals surface area contributed by atoms with E-state index in [0.29, 0.717) is 52.9 Å². The number of halogens is 2. The summed E-state index contributed by atoms with van der Waals surface area (Å²) in [5, 5.41) is 3.48. The van der Waals surface area contributed by atoms with E-state index in [2.05, 4.69) is 5.32 Å². The lowest BCUT2D eigenvalue weighted by Crippen LogP contribution is -2.56. The normalized spacial score (nSPS) is 14.5. The molecule has 0 unspecified atom stereocenters. The van der Waals surface area contributed by atoms with Crippen molar-refractivity contribution in [3.8, 4) is 0 Å². The van der Waals surface area contributed by atoms with Crippen LogP contribution >= 0.6 is 23.2 Å². The molecule has 3 amide bonds. The zero-order valence-corrected chi connectivity index (χ0v) is 19.0. The largest absolute Gasteiger partial charge is 0.336 e. The number of hydrogen-bond donors (Lipinski definition) is 1. The second kappa shape index (κ2) is 10.2. The average Bonchev–Trinajstić information content (AvgIpc) is 2.79. The van der Waals surface area contributed by atoms with Gasteiger partial charge < -0.3 is 15.1 Å². The average molecular weight is 462 g/mol. The van der Waals surface area contributed by atoms with E-state index in [1.54, 1.807) is 28.0 Å². The van der Waals surface area contributed by atoms with Crippen LogP contribution in [0.1, 0.15) is 32.3 Å². The van der Waals surface area contributed by atoms with E-state index in [-0.39, 0.29) is 6.42 Å². The van der Waals surface area contributed by atoms with Crippen LogP contribution in [0, 0.1) is 0 Å². The van der Waals surface area contributed by atoms with Crippen molar-refractivity contribution in [1.29, 1.82) is 0 Å². The maximum atomic E-state index is 13.4. The summed E-state index contributed by atoms with van der Waals surface area (Å²) in [6.45, 7) is 4.81. The Balaban J connectivity index is 1.92. The zero-order chi connectivity index (χ0) is 22.5. The number of rotatable bonds is 7. The van der Waals surface area contributed by atoms with E-state index >= 15 is 0 Å². The Labute approximate surface area is 192 Å². The molecule has 31 heavy (non-hydrogen) atoms. The SMILES string of the molecule is CCCN1C(=O)C(NC(=O)Cc2cc(Cl)cc(Cl)c2)C(=O)N(CCC)c2ccccc21. The minimum Gasteiger partial charge on any atom is -0.336 e. The number of amides is 3. The molecule has 0 aliphatic carbocycles. The van der Waals surface area contributed by atoms with E-state index in [1.165, 1.54) is 0 Å². The van der Waals surface area contributed by atoms with E-state index in [4.69, 9.17) is 23.2 Å². The van der Waals surface area contributed by atoms with Gasteiger partial charge in [-0.1, -0.05) is 49.2 Å². The van der Waals surface area contributed by atoms with Gasteiger partial charge in [0.1, 0.15) is 0 Å². The Morgan fingerprint density at radius 2 is 1.39 bits per heavy atom. The van der Waals surface area contributed by atoms with E-state index in [9.17, 15) is 14.4 Å². The van der Waals surface area contributed by atoms with Crippen LogP contribution < -0.4 is 15.1 Å². The molecule has 1 heterocycles. The summed E-state index contributed by atoms with van der Waals surface area (Å²) in [7, 11) is 0. The quantitative estimate of drug-likeness (QED) is 0.627. The molecule has 1 aliphatic heterocycles. The number of nitrogens with zero attached hydrogens (tertiary/aromatic N) is 2. The first kappa shape index (κ1) is 23.1. The summed E-state index contributed by atoms with van der Waals surface area (Å²) in [5.74, 6) is -1.32. The van der Waals surface area contributed by atoms with Crippen molar-refractivity contribution in [2.75, 3.05) is 22.9 Å². The van der Waals surface area contributed by atoms with Gasteiger partial charge >= 0.3 is 0 Å². The van der Waals surface area contributed by atoms with Crippen molar-refractivity contribution in [3.63, 3.8) is 0 Å². The van der Waals surface area contributed by atoms with Gasteiger partial charge in [0.15, 0.2) is 6.04 Å². The van der Waals surface area contributed by atoms with Crippen LogP contribution in [-0.2, 0) is 20.8 Å². The number of carbonyl (C=O) groups is 3. The van der Waals surface area contributed by atoms with Crippen LogP contribution in [0.5, 0.6) is 0 Å². The number of benzene rings is 2. The Hall–Kier alpha value is -2.57. The molecule has 0 saturated heterocycles. The molecule has 0 spiro atoms. The molecule has 1 N–H and O–H groups in total. The highest BCUT2D eigenvalue weighted by Gasteiger charge is 2.40. The molecule has 6 nitrogen and oxygen atoms in total. The lowest BCUT2D eigenvalue weighted by molar-refractivity contribution is -0.134. The summed E-state index contributed by atoms with van der Waals surface area (Å²) < 4.78 is 0. The van der Waals surface area contributed by atoms with Crippen molar-refractivity contribution in [3.05, 3.63) is 58.1 Å². The van der Waals surface area contributed by atoms with Crippen molar-refractivity contribution in [2.45, 2.75) is 39.2 Å². The maximum absolute atomic E-state index is 13.4. The van der Waals surface area contributed by atoms with E-state index in [0.717, 1.165) is 0 Å². The molecule has 0 fully saturated rings. The molecule has 0 bridgehead atoms. The van der Waals surface area contributed by atoms with Gasteiger partial charge in [-0.2, -0.15) is 0 Å². The van der Waals surface area contributed by atoms with Gasteiger partial charge in [-0.3, -0.25) is 14.4 Å². The molecule has 0 saturated carbocycles. The monoisotopic (exact) mass is 461 g/mol. The molecule has 3 rings (SSSR count). The van der Waals surface area contributed by atoms with Crippen LogP contribution in [0.4, 0.5) is 11.4 Å². The zero-order valence-electron chi connectivity index (χ0n) is 17.5. The van der Waals surface area contributed by atoms with Crippen molar-refractivity contribution >= 4 is 52.3 Å². The first-order valence-corrected chi connectivity index (χ1v) is 11.1. The highest BCUT2D eigenvalue weighted by Crippen LogP contribution is 2.33. The van der Waals surface area contributed by atoms with Crippen LogP contribution in [-0.4, -0.2) is 36.9 Å². The Bertz CT molecular complexity index is 931. The molecular formula is C23H25Cl2N3O3. The van der Waals surface area contributed by atoms with Crippen molar-refractivity contribution in [2.24, 2.45) is 0 Å². The Morgan fingerprint density at radius 3 is 1.84 bits per heavy atom. The number of anilines is 2. The van der Waals surface area contributed by atoms with Crippen LogP contribution in [0.3, 0.4) is 0 Å². The fourth-order valence-corrected chi connectivity index (χ4v) is 4.29. The van der Waals surface area contributed by atoms with Crippen molar-refractivity contribution in [1.82, 2.24) is 5.32 Å². The minimum atomic E-state index is -1.30. The second-order valence-electron chi connectivity index (χ2n) is 7.42. The lowest BCUT2D eigenvalue weighted by Gasteiger charge is -2.24. The highest BCUT2D eigenvalue weighted by atomic mass is 35.5. The molecule has 0 radical (unpaired) electrons. The molecule has 0 atom stereocenters. The molecule has 8 heteroatoms. The van der Waals surface area contributed by atoms with Gasteiger partial charge in [-0.05, 0) is 48.7 Å². The molecule has 0 aromatic heterocycles. The van der Waals surface area contributed by atoms with Crippen molar-refractivity contribution < 1.29 is 14.4 Å². The van der Waals surface area contributed by atoms with Crippen LogP contribution in [0.2, 0.25) is 10.0 Å². The number of fused-ring (bicyclic) bond motifs is 1. The molecule has 2 aromatic carbocycles. The number of para-hydroxylation sites is 2. The highest BCUT2D eigenvalue weighted by molar-refractivity contribution is 6.34. The fourth-order valence-electron chi connectivity index (χ4n) is 3.72. The van der Waals surface area contributed by atoms with Crippen LogP contribution in [0.25, 0.3) is 0 Å². The summed E-state index contributed by atoms with van der Waals surface area (Å²) in [4.78, 5) is 42.7. The number of hydrogen-bond acceptors (Lipinski definition) is 3. The first-order chi connectivity index (χ1) is 14.8.